The third-order valence-electron chi connectivity index (χ3n) is 3.66. The largest absolute Gasteiger partial charge is 0.349 e. The molecule has 0 N–H and O–H groups in total. The molecule has 0 aliphatic rings. The van der Waals surface area contributed by atoms with E-state index in [9.17, 15) is 9.59 Å². The number of aromatic nitrogens is 3. The second-order valence-corrected chi connectivity index (χ2v) is 5.82. The SMILES string of the molecule is CCn1c(C)cc(C(=O)Cn2cnc(C)c(Br)c2=O)c1C. The van der Waals surface area contributed by atoms with Crippen molar-refractivity contribution >= 4 is 21.7 Å². The van der Waals surface area contributed by atoms with Crippen LogP contribution in [0.1, 0.15) is 34.4 Å². The molecule has 6 heteroatoms. The number of hydrogen-bond acceptors (Lipinski definition) is 3. The average Bonchev–Trinajstić information content (AvgIpc) is 2.74. The van der Waals surface area contributed by atoms with Gasteiger partial charge in [-0.25, -0.2) is 4.98 Å². The highest BCUT2D eigenvalue weighted by Crippen LogP contribution is 2.16. The topological polar surface area (TPSA) is 56.9 Å². The maximum absolute atomic E-state index is 12.4. The molecular formula is C15H18BrN3O2. The van der Waals surface area contributed by atoms with Crippen LogP contribution in [0.5, 0.6) is 0 Å². The predicted molar refractivity (Wildman–Crippen MR) is 84.8 cm³/mol. The lowest BCUT2D eigenvalue weighted by Crippen LogP contribution is -2.26. The Balaban J connectivity index is 2.35. The zero-order chi connectivity index (χ0) is 15.7. The summed E-state index contributed by atoms with van der Waals surface area (Å²) < 4.78 is 3.81. The van der Waals surface area contributed by atoms with E-state index < -0.39 is 0 Å². The van der Waals surface area contributed by atoms with Gasteiger partial charge in [0.2, 0.25) is 0 Å². The fourth-order valence-corrected chi connectivity index (χ4v) is 2.80. The minimum Gasteiger partial charge on any atom is -0.349 e. The second-order valence-electron chi connectivity index (χ2n) is 5.03. The van der Waals surface area contributed by atoms with Gasteiger partial charge in [0.15, 0.2) is 5.78 Å². The van der Waals surface area contributed by atoms with Crippen molar-refractivity contribution in [1.29, 1.82) is 0 Å². The molecule has 2 aromatic heterocycles. The number of rotatable bonds is 4. The molecule has 0 amide bonds. The smallest absolute Gasteiger partial charge is 0.268 e. The molecule has 0 bridgehead atoms. The zero-order valence-corrected chi connectivity index (χ0v) is 14.2. The summed E-state index contributed by atoms with van der Waals surface area (Å²) in [6, 6.07) is 1.88. The van der Waals surface area contributed by atoms with Crippen LogP contribution < -0.4 is 5.56 Å². The third kappa shape index (κ3) is 2.85. The van der Waals surface area contributed by atoms with E-state index in [-0.39, 0.29) is 17.9 Å². The summed E-state index contributed by atoms with van der Waals surface area (Å²) >= 11 is 3.21. The van der Waals surface area contributed by atoms with Gasteiger partial charge in [-0.3, -0.25) is 14.2 Å². The molecule has 0 saturated carbocycles. The first kappa shape index (κ1) is 15.7. The monoisotopic (exact) mass is 351 g/mol. The molecule has 2 aromatic rings. The molecule has 21 heavy (non-hydrogen) atoms. The van der Waals surface area contributed by atoms with Crippen molar-refractivity contribution in [2.75, 3.05) is 0 Å². The van der Waals surface area contributed by atoms with Gasteiger partial charge in [-0.05, 0) is 49.7 Å². The standard InChI is InChI=1S/C15H18BrN3O2/c1-5-19-9(2)6-12(11(19)4)13(20)7-18-8-17-10(3)14(16)15(18)21/h6,8H,5,7H2,1-4H3. The van der Waals surface area contributed by atoms with Crippen molar-refractivity contribution < 1.29 is 4.79 Å². The summed E-state index contributed by atoms with van der Waals surface area (Å²) in [6.07, 6.45) is 1.42. The van der Waals surface area contributed by atoms with E-state index >= 15 is 0 Å². The van der Waals surface area contributed by atoms with Gasteiger partial charge in [-0.1, -0.05) is 0 Å². The van der Waals surface area contributed by atoms with Gasteiger partial charge < -0.3 is 4.57 Å². The van der Waals surface area contributed by atoms with E-state index in [4.69, 9.17) is 0 Å². The Morgan fingerprint density at radius 1 is 1.33 bits per heavy atom. The number of hydrogen-bond donors (Lipinski definition) is 0. The van der Waals surface area contributed by atoms with Crippen LogP contribution in [0.4, 0.5) is 0 Å². The van der Waals surface area contributed by atoms with Gasteiger partial charge >= 0.3 is 0 Å². The van der Waals surface area contributed by atoms with Crippen molar-refractivity contribution in [1.82, 2.24) is 14.1 Å². The van der Waals surface area contributed by atoms with Crippen LogP contribution in [0, 0.1) is 20.8 Å². The highest BCUT2D eigenvalue weighted by Gasteiger charge is 2.16. The maximum Gasteiger partial charge on any atom is 0.268 e. The molecule has 0 saturated heterocycles. The van der Waals surface area contributed by atoms with Gasteiger partial charge in [-0.2, -0.15) is 0 Å². The first-order valence-electron chi connectivity index (χ1n) is 6.78. The van der Waals surface area contributed by atoms with Crippen molar-refractivity contribution in [2.24, 2.45) is 0 Å². The molecule has 2 heterocycles. The number of halogens is 1. The summed E-state index contributed by atoms with van der Waals surface area (Å²) in [5.74, 6) is -0.0811. The first-order valence-corrected chi connectivity index (χ1v) is 7.57. The Morgan fingerprint density at radius 2 is 2.00 bits per heavy atom. The minimum absolute atomic E-state index is 0.00127. The highest BCUT2D eigenvalue weighted by atomic mass is 79.9. The number of carbonyl (C=O) groups is 1. The third-order valence-corrected chi connectivity index (χ3v) is 4.57. The lowest BCUT2D eigenvalue weighted by Gasteiger charge is -2.07. The highest BCUT2D eigenvalue weighted by molar-refractivity contribution is 9.10. The Labute approximate surface area is 131 Å². The zero-order valence-electron chi connectivity index (χ0n) is 12.6. The van der Waals surface area contributed by atoms with E-state index in [2.05, 4.69) is 25.5 Å². The summed E-state index contributed by atoms with van der Waals surface area (Å²) in [6.45, 7) is 8.51. The second kappa shape index (κ2) is 5.97. The Bertz CT molecular complexity index is 759. The van der Waals surface area contributed by atoms with E-state index in [1.165, 1.54) is 10.9 Å². The normalized spacial score (nSPS) is 10.9. The molecule has 112 valence electrons. The van der Waals surface area contributed by atoms with Crippen molar-refractivity contribution in [3.8, 4) is 0 Å². The molecule has 0 radical (unpaired) electrons. The fraction of sp³-hybridized carbons (Fsp3) is 0.400. The van der Waals surface area contributed by atoms with Crippen LogP contribution in [0.2, 0.25) is 0 Å². The lowest BCUT2D eigenvalue weighted by atomic mass is 10.1. The van der Waals surface area contributed by atoms with Crippen LogP contribution >= 0.6 is 15.9 Å². The fourth-order valence-electron chi connectivity index (χ4n) is 2.47. The van der Waals surface area contributed by atoms with Gasteiger partial charge in [-0.15, -0.1) is 0 Å². The van der Waals surface area contributed by atoms with Crippen molar-refractivity contribution in [3.05, 3.63) is 49.9 Å². The quantitative estimate of drug-likeness (QED) is 0.795. The number of nitrogens with zero attached hydrogens (tertiary/aromatic N) is 3. The van der Waals surface area contributed by atoms with E-state index in [1.807, 2.05) is 26.8 Å². The molecule has 0 aliphatic heterocycles. The van der Waals surface area contributed by atoms with Crippen LogP contribution in [0.3, 0.4) is 0 Å². The minimum atomic E-state index is -0.236. The molecule has 5 nitrogen and oxygen atoms in total. The molecule has 0 atom stereocenters. The molecule has 0 spiro atoms. The van der Waals surface area contributed by atoms with Crippen LogP contribution in [-0.2, 0) is 13.1 Å². The maximum atomic E-state index is 12.4. The summed E-state index contributed by atoms with van der Waals surface area (Å²) in [4.78, 5) is 28.6. The van der Waals surface area contributed by atoms with Crippen molar-refractivity contribution in [3.63, 3.8) is 0 Å². The average molecular weight is 352 g/mol. The van der Waals surface area contributed by atoms with E-state index in [0.717, 1.165) is 17.9 Å². The number of aryl methyl sites for hydroxylation is 2. The Kier molecular flexibility index (Phi) is 4.46. The molecule has 0 aliphatic carbocycles. The molecule has 0 fully saturated rings. The van der Waals surface area contributed by atoms with Gasteiger partial charge in [0, 0.05) is 23.5 Å². The number of ketones is 1. The summed E-state index contributed by atoms with van der Waals surface area (Å²) in [7, 11) is 0. The van der Waals surface area contributed by atoms with Crippen LogP contribution in [0.25, 0.3) is 0 Å². The van der Waals surface area contributed by atoms with Gasteiger partial charge in [0.25, 0.3) is 5.56 Å². The first-order chi connectivity index (χ1) is 9.86. The van der Waals surface area contributed by atoms with Crippen LogP contribution in [-0.4, -0.2) is 19.9 Å². The van der Waals surface area contributed by atoms with Gasteiger partial charge in [0.05, 0.1) is 18.6 Å². The molecule has 0 aromatic carbocycles. The predicted octanol–water partition coefficient (Wildman–Crippen LogP) is 2.64. The Hall–Kier alpha value is -1.69. The number of carbonyl (C=O) groups excluding carboxylic acids is 1. The molecule has 0 unspecified atom stereocenters. The van der Waals surface area contributed by atoms with E-state index in [1.54, 1.807) is 6.92 Å². The number of Topliss-reactive ketones (excluding diaryl/α,β-unsaturated/α-hetero) is 1. The van der Waals surface area contributed by atoms with Gasteiger partial charge in [0.1, 0.15) is 4.47 Å². The summed E-state index contributed by atoms with van der Waals surface area (Å²) in [5, 5.41) is 0. The summed E-state index contributed by atoms with van der Waals surface area (Å²) in [5.41, 5.74) is 3.03. The lowest BCUT2D eigenvalue weighted by molar-refractivity contribution is 0.0969. The Morgan fingerprint density at radius 3 is 2.57 bits per heavy atom. The van der Waals surface area contributed by atoms with Crippen LogP contribution in [0.15, 0.2) is 21.7 Å². The van der Waals surface area contributed by atoms with E-state index in [0.29, 0.717) is 15.7 Å². The van der Waals surface area contributed by atoms with Crippen molar-refractivity contribution in [2.45, 2.75) is 40.8 Å². The molecule has 2 rings (SSSR count). The molecular weight excluding hydrogens is 334 g/mol.